The van der Waals surface area contributed by atoms with E-state index < -0.39 is 5.79 Å². The smallest absolute Gasteiger partial charge is 0.170 e. The van der Waals surface area contributed by atoms with Gasteiger partial charge in [0, 0.05) is 25.6 Å². The van der Waals surface area contributed by atoms with Crippen LogP contribution in [0.5, 0.6) is 0 Å². The van der Waals surface area contributed by atoms with E-state index >= 15 is 0 Å². The first-order valence-corrected chi connectivity index (χ1v) is 10.2. The second-order valence-corrected chi connectivity index (χ2v) is 8.02. The largest absolute Gasteiger partial charge is 0.380 e. The van der Waals surface area contributed by atoms with Gasteiger partial charge in [0.1, 0.15) is 0 Å². The topological polar surface area (TPSA) is 27.7 Å². The van der Waals surface area contributed by atoms with Gasteiger partial charge in [-0.3, -0.25) is 0 Å². The highest BCUT2D eigenvalue weighted by Crippen LogP contribution is 2.38. The number of ether oxygens (including phenoxy) is 3. The summed E-state index contributed by atoms with van der Waals surface area (Å²) in [7, 11) is 3.62. The lowest BCUT2D eigenvalue weighted by Crippen LogP contribution is -2.42. The summed E-state index contributed by atoms with van der Waals surface area (Å²) in [6.45, 7) is 8.67. The maximum absolute atomic E-state index is 5.87. The molecule has 0 aromatic rings. The van der Waals surface area contributed by atoms with Crippen molar-refractivity contribution < 1.29 is 14.2 Å². The maximum atomic E-state index is 5.87. The van der Waals surface area contributed by atoms with Gasteiger partial charge in [-0.2, -0.15) is 0 Å². The summed E-state index contributed by atoms with van der Waals surface area (Å²) in [5, 5.41) is 0. The molecule has 0 N–H and O–H groups in total. The molecule has 3 nitrogen and oxygen atoms in total. The molecule has 1 aliphatic heterocycles. The van der Waals surface area contributed by atoms with Gasteiger partial charge < -0.3 is 14.2 Å². The first-order valence-electron chi connectivity index (χ1n) is 10.2. The Bertz CT molecular complexity index is 300. The molecule has 3 heteroatoms. The number of hydrogen-bond donors (Lipinski definition) is 0. The van der Waals surface area contributed by atoms with Crippen LogP contribution < -0.4 is 0 Å². The monoisotopic (exact) mass is 342 g/mol. The Morgan fingerprint density at radius 3 is 2.00 bits per heavy atom. The summed E-state index contributed by atoms with van der Waals surface area (Å²) < 4.78 is 17.1. The average molecular weight is 343 g/mol. The van der Waals surface area contributed by atoms with Crippen LogP contribution in [0, 0.1) is 11.3 Å². The molecular formula is C21H42O3. The molecule has 1 fully saturated rings. The van der Waals surface area contributed by atoms with Crippen LogP contribution in [0.25, 0.3) is 0 Å². The fourth-order valence-corrected chi connectivity index (χ4v) is 4.12. The Kier molecular flexibility index (Phi) is 10.5. The minimum absolute atomic E-state index is 0.402. The summed E-state index contributed by atoms with van der Waals surface area (Å²) >= 11 is 0. The molecule has 0 aromatic heterocycles. The standard InChI is InChI=1S/C21H42O3/c1-6-8-9-10-11-12-14-19(21(7-2,22-4)23-5)15-13-16-20(3)17-24-18-20/h19H,6-18H2,1-5H3. The normalized spacial score (nSPS) is 18.4. The second kappa shape index (κ2) is 11.5. The predicted molar refractivity (Wildman–Crippen MR) is 101 cm³/mol. The van der Waals surface area contributed by atoms with Crippen LogP contribution in [0.3, 0.4) is 0 Å². The molecule has 1 saturated heterocycles. The number of rotatable bonds is 15. The van der Waals surface area contributed by atoms with E-state index in [0.29, 0.717) is 11.3 Å². The van der Waals surface area contributed by atoms with Gasteiger partial charge in [-0.1, -0.05) is 65.7 Å². The third-order valence-electron chi connectivity index (χ3n) is 5.95. The Balaban J connectivity index is 2.45. The highest BCUT2D eigenvalue weighted by Gasteiger charge is 2.38. The Hall–Kier alpha value is -0.120. The fraction of sp³-hybridized carbons (Fsp3) is 1.00. The van der Waals surface area contributed by atoms with E-state index in [4.69, 9.17) is 14.2 Å². The van der Waals surface area contributed by atoms with Crippen molar-refractivity contribution in [2.24, 2.45) is 11.3 Å². The highest BCUT2D eigenvalue weighted by atomic mass is 16.7. The summed E-state index contributed by atoms with van der Waals surface area (Å²) in [4.78, 5) is 0. The van der Waals surface area contributed by atoms with Crippen LogP contribution in [0.2, 0.25) is 0 Å². The van der Waals surface area contributed by atoms with E-state index in [1.807, 2.05) is 14.2 Å². The van der Waals surface area contributed by atoms with Gasteiger partial charge in [0.15, 0.2) is 5.79 Å². The lowest BCUT2D eigenvalue weighted by atomic mass is 9.79. The van der Waals surface area contributed by atoms with Crippen molar-refractivity contribution in [3.05, 3.63) is 0 Å². The van der Waals surface area contributed by atoms with E-state index in [1.165, 1.54) is 64.2 Å². The van der Waals surface area contributed by atoms with Crippen molar-refractivity contribution in [3.63, 3.8) is 0 Å². The highest BCUT2D eigenvalue weighted by molar-refractivity contribution is 4.83. The number of methoxy groups -OCH3 is 2. The summed E-state index contributed by atoms with van der Waals surface area (Å²) in [5.41, 5.74) is 0.416. The van der Waals surface area contributed by atoms with Gasteiger partial charge in [-0.25, -0.2) is 0 Å². The van der Waals surface area contributed by atoms with Crippen molar-refractivity contribution in [1.29, 1.82) is 0 Å². The minimum atomic E-state index is -0.402. The molecule has 144 valence electrons. The third-order valence-corrected chi connectivity index (χ3v) is 5.95. The molecule has 24 heavy (non-hydrogen) atoms. The molecule has 0 spiro atoms. The molecule has 1 atom stereocenters. The Morgan fingerprint density at radius 1 is 0.917 bits per heavy atom. The molecule has 1 rings (SSSR count). The van der Waals surface area contributed by atoms with Crippen molar-refractivity contribution in [2.45, 2.75) is 97.2 Å². The second-order valence-electron chi connectivity index (χ2n) is 8.02. The van der Waals surface area contributed by atoms with Crippen molar-refractivity contribution >= 4 is 0 Å². The van der Waals surface area contributed by atoms with Gasteiger partial charge in [-0.15, -0.1) is 0 Å². The molecule has 0 aromatic carbocycles. The van der Waals surface area contributed by atoms with Crippen LogP contribution in [0.1, 0.15) is 91.4 Å². The molecule has 1 aliphatic rings. The molecule has 1 heterocycles. The van der Waals surface area contributed by atoms with Crippen LogP contribution in [0.4, 0.5) is 0 Å². The van der Waals surface area contributed by atoms with Gasteiger partial charge in [0.25, 0.3) is 0 Å². The van der Waals surface area contributed by atoms with Crippen LogP contribution in [-0.4, -0.2) is 33.2 Å². The first-order chi connectivity index (χ1) is 11.6. The van der Waals surface area contributed by atoms with Crippen LogP contribution in [0.15, 0.2) is 0 Å². The van der Waals surface area contributed by atoms with Crippen LogP contribution in [-0.2, 0) is 14.2 Å². The number of unbranched alkanes of at least 4 members (excludes halogenated alkanes) is 5. The van der Waals surface area contributed by atoms with Crippen molar-refractivity contribution in [3.8, 4) is 0 Å². The quantitative estimate of drug-likeness (QED) is 0.271. The van der Waals surface area contributed by atoms with Crippen LogP contribution >= 0.6 is 0 Å². The molecule has 0 amide bonds. The summed E-state index contributed by atoms with van der Waals surface area (Å²) in [6.07, 6.45) is 13.9. The fourth-order valence-electron chi connectivity index (χ4n) is 4.12. The van der Waals surface area contributed by atoms with E-state index in [9.17, 15) is 0 Å². The molecule has 0 bridgehead atoms. The minimum Gasteiger partial charge on any atom is -0.380 e. The predicted octanol–water partition coefficient (Wildman–Crippen LogP) is 5.96. The third kappa shape index (κ3) is 6.65. The Labute approximate surface area is 150 Å². The van der Waals surface area contributed by atoms with E-state index in [1.54, 1.807) is 0 Å². The van der Waals surface area contributed by atoms with E-state index in [2.05, 4.69) is 20.8 Å². The SMILES string of the molecule is CCCCCCCCC(CCCC1(C)COC1)C(CC)(OC)OC. The summed E-state index contributed by atoms with van der Waals surface area (Å²) in [6, 6.07) is 0. The molecule has 0 saturated carbocycles. The zero-order chi connectivity index (χ0) is 17.9. The lowest BCUT2D eigenvalue weighted by Gasteiger charge is -2.40. The molecular weight excluding hydrogens is 300 g/mol. The van der Waals surface area contributed by atoms with Gasteiger partial charge in [-0.05, 0) is 25.7 Å². The van der Waals surface area contributed by atoms with E-state index in [-0.39, 0.29) is 0 Å². The maximum Gasteiger partial charge on any atom is 0.170 e. The molecule has 0 radical (unpaired) electrons. The first kappa shape index (κ1) is 21.9. The summed E-state index contributed by atoms with van der Waals surface area (Å²) in [5.74, 6) is 0.0914. The van der Waals surface area contributed by atoms with E-state index in [0.717, 1.165) is 19.6 Å². The van der Waals surface area contributed by atoms with Gasteiger partial charge in [0.05, 0.1) is 13.2 Å². The average Bonchev–Trinajstić information content (AvgIpc) is 2.57. The molecule has 0 aliphatic carbocycles. The molecule has 1 unspecified atom stereocenters. The zero-order valence-corrected chi connectivity index (χ0v) is 17.0. The van der Waals surface area contributed by atoms with Gasteiger partial charge >= 0.3 is 0 Å². The Morgan fingerprint density at radius 2 is 1.50 bits per heavy atom. The van der Waals surface area contributed by atoms with Crippen molar-refractivity contribution in [1.82, 2.24) is 0 Å². The zero-order valence-electron chi connectivity index (χ0n) is 17.0. The van der Waals surface area contributed by atoms with Crippen molar-refractivity contribution in [2.75, 3.05) is 27.4 Å². The number of hydrogen-bond acceptors (Lipinski definition) is 3. The van der Waals surface area contributed by atoms with Gasteiger partial charge in [0.2, 0.25) is 0 Å². The lowest BCUT2D eigenvalue weighted by molar-refractivity contribution is -0.245.